The molecule has 1 saturated carbocycles. The van der Waals surface area contributed by atoms with E-state index in [1.54, 1.807) is 38.0 Å². The van der Waals surface area contributed by atoms with E-state index in [-0.39, 0.29) is 17.9 Å². The van der Waals surface area contributed by atoms with Crippen LogP contribution in [-0.2, 0) is 18.3 Å². The standard InChI is InChI=1S/C37H44N10O2/c1-45(2)33(48)25-10-12-29-23(16-25)8-9-24-17-26(34(49)46(3)4)11-13-30(24)37(29,35-41-43-44-42-35)22-36(14-6-5-7-15-36)40-21-32(39)47-28(20-38)18-27-19-31(27)47/h10-13,16-17,19,27-28,39-40H,5-9,14-15,18,21-22H2,1-4H3,(H,41,42,43,44)/t27-,28?/m1/s1. The first kappa shape index (κ1) is 32.6. The summed E-state index contributed by atoms with van der Waals surface area (Å²) in [6.07, 6.45) is 9.81. The largest absolute Gasteiger partial charge is 0.345 e. The second-order valence-corrected chi connectivity index (χ2v) is 14.6. The fourth-order valence-electron chi connectivity index (χ4n) is 8.58. The van der Waals surface area contributed by atoms with Crippen LogP contribution in [0.3, 0.4) is 0 Å². The normalized spacial score (nSPS) is 21.3. The molecule has 0 bridgehead atoms. The van der Waals surface area contributed by atoms with Crippen LogP contribution in [0.25, 0.3) is 0 Å². The number of amidine groups is 1. The zero-order valence-corrected chi connectivity index (χ0v) is 28.7. The number of nitrogens with zero attached hydrogens (tertiary/aromatic N) is 7. The molecule has 0 radical (unpaired) electrons. The summed E-state index contributed by atoms with van der Waals surface area (Å²) in [6.45, 7) is 0.330. The van der Waals surface area contributed by atoms with E-state index in [2.05, 4.69) is 45.1 Å². The molecule has 3 aromatic rings. The summed E-state index contributed by atoms with van der Waals surface area (Å²) >= 11 is 0. The van der Waals surface area contributed by atoms with E-state index in [0.29, 0.717) is 54.5 Å². The van der Waals surface area contributed by atoms with Crippen LogP contribution in [0.5, 0.6) is 0 Å². The van der Waals surface area contributed by atoms with Gasteiger partial charge in [-0.25, -0.2) is 0 Å². The van der Waals surface area contributed by atoms with Gasteiger partial charge in [-0.05, 0) is 85.0 Å². The third kappa shape index (κ3) is 5.69. The molecule has 3 N–H and O–H groups in total. The van der Waals surface area contributed by atoms with Gasteiger partial charge in [0.25, 0.3) is 11.8 Å². The average Bonchev–Trinajstić information content (AvgIpc) is 3.48. The Morgan fingerprint density at radius 2 is 1.61 bits per heavy atom. The summed E-state index contributed by atoms with van der Waals surface area (Å²) < 4.78 is 0. The van der Waals surface area contributed by atoms with Crippen molar-refractivity contribution in [2.24, 2.45) is 5.92 Å². The van der Waals surface area contributed by atoms with E-state index in [1.807, 2.05) is 29.2 Å². The molecule has 2 fully saturated rings. The molecule has 2 amide bonds. The van der Waals surface area contributed by atoms with Crippen LogP contribution in [-0.4, -0.2) is 99.3 Å². The van der Waals surface area contributed by atoms with E-state index in [1.165, 1.54) is 0 Å². The predicted molar refractivity (Wildman–Crippen MR) is 184 cm³/mol. The smallest absolute Gasteiger partial charge is 0.253 e. The van der Waals surface area contributed by atoms with Gasteiger partial charge in [0.15, 0.2) is 5.82 Å². The predicted octanol–water partition coefficient (Wildman–Crippen LogP) is 3.81. The molecular formula is C37H44N10O2. The monoisotopic (exact) mass is 660 g/mol. The second kappa shape index (κ2) is 12.5. The van der Waals surface area contributed by atoms with Crippen LogP contribution in [0.2, 0.25) is 0 Å². The molecule has 4 aliphatic rings. The Hall–Kier alpha value is -4.89. The highest BCUT2D eigenvalue weighted by Gasteiger charge is 2.51. The van der Waals surface area contributed by atoms with Crippen LogP contribution in [0.4, 0.5) is 0 Å². The lowest BCUT2D eigenvalue weighted by atomic mass is 9.62. The van der Waals surface area contributed by atoms with Gasteiger partial charge in [-0.1, -0.05) is 42.7 Å². The summed E-state index contributed by atoms with van der Waals surface area (Å²) in [6, 6.07) is 14.0. The van der Waals surface area contributed by atoms with Crippen molar-refractivity contribution in [2.75, 3.05) is 34.7 Å². The molecule has 12 heteroatoms. The topological polar surface area (TPSA) is 158 Å². The van der Waals surface area contributed by atoms with Crippen molar-refractivity contribution in [1.29, 1.82) is 10.7 Å². The fourth-order valence-corrected chi connectivity index (χ4v) is 8.58. The van der Waals surface area contributed by atoms with Crippen molar-refractivity contribution >= 4 is 17.6 Å². The van der Waals surface area contributed by atoms with Gasteiger partial charge in [-0.2, -0.15) is 10.5 Å². The Kier molecular flexibility index (Phi) is 8.35. The van der Waals surface area contributed by atoms with Crippen molar-refractivity contribution in [2.45, 2.75) is 74.8 Å². The summed E-state index contributed by atoms with van der Waals surface area (Å²) in [7, 11) is 7.03. The molecule has 1 unspecified atom stereocenters. The van der Waals surface area contributed by atoms with E-state index in [4.69, 9.17) is 10.5 Å². The number of benzene rings is 2. The minimum Gasteiger partial charge on any atom is -0.345 e. The highest BCUT2D eigenvalue weighted by molar-refractivity contribution is 5.95. The van der Waals surface area contributed by atoms with Crippen molar-refractivity contribution in [3.8, 4) is 6.07 Å². The minimum atomic E-state index is -0.882. The quantitative estimate of drug-likeness (QED) is 0.243. The number of allylic oxidation sites excluding steroid dienone is 2. The Labute approximate surface area is 287 Å². The highest BCUT2D eigenvalue weighted by atomic mass is 16.2. The Bertz CT molecular complexity index is 1790. The number of aryl methyl sites for hydroxylation is 2. The highest BCUT2D eigenvalue weighted by Crippen LogP contribution is 2.51. The van der Waals surface area contributed by atoms with Crippen LogP contribution in [0.1, 0.15) is 93.7 Å². The maximum Gasteiger partial charge on any atom is 0.253 e. The number of tetrazole rings is 1. The van der Waals surface area contributed by atoms with Crippen molar-refractivity contribution < 1.29 is 9.59 Å². The number of likely N-dealkylation sites (tertiary alicyclic amines) is 1. The Balaban J connectivity index is 1.37. The van der Waals surface area contributed by atoms with E-state index >= 15 is 0 Å². The summed E-state index contributed by atoms with van der Waals surface area (Å²) in [5.74, 6) is 1.14. The number of hydrogen-bond donors (Lipinski definition) is 3. The molecule has 2 heterocycles. The lowest BCUT2D eigenvalue weighted by Gasteiger charge is -2.46. The summed E-state index contributed by atoms with van der Waals surface area (Å²) in [5, 5.41) is 39.0. The van der Waals surface area contributed by atoms with E-state index < -0.39 is 11.0 Å². The van der Waals surface area contributed by atoms with Crippen molar-refractivity contribution in [1.82, 2.24) is 40.6 Å². The summed E-state index contributed by atoms with van der Waals surface area (Å²) in [4.78, 5) is 31.5. The molecule has 1 saturated heterocycles. The SMILES string of the molecule is CN(C)C(=O)c1ccc2c(c1)CCc1cc(C(=O)N(C)C)ccc1C2(CC1(NCC(=N)N2C3=C[C@H]3CC2C#N)CCCCC1)c1nn[nH]n1. The third-order valence-electron chi connectivity index (χ3n) is 11.0. The first-order chi connectivity index (χ1) is 23.6. The molecule has 1 aliphatic heterocycles. The lowest BCUT2D eigenvalue weighted by molar-refractivity contribution is 0.0820. The molecule has 12 nitrogen and oxygen atoms in total. The third-order valence-corrected chi connectivity index (χ3v) is 11.0. The zero-order chi connectivity index (χ0) is 34.5. The number of amides is 2. The Morgan fingerprint density at radius 1 is 1.00 bits per heavy atom. The molecule has 254 valence electrons. The molecule has 3 aliphatic carbocycles. The molecule has 1 aromatic heterocycles. The number of hydrogen-bond acceptors (Lipinski definition) is 8. The Morgan fingerprint density at radius 3 is 2.14 bits per heavy atom. The first-order valence-electron chi connectivity index (χ1n) is 17.2. The number of nitriles is 1. The number of fused-ring (bicyclic) bond motifs is 3. The van der Waals surface area contributed by atoms with Crippen LogP contribution in [0.15, 0.2) is 48.2 Å². The molecular weight excluding hydrogens is 616 g/mol. The molecule has 49 heavy (non-hydrogen) atoms. The van der Waals surface area contributed by atoms with Gasteiger partial charge in [0, 0.05) is 56.5 Å². The van der Waals surface area contributed by atoms with E-state index in [9.17, 15) is 14.9 Å². The number of aromatic amines is 1. The molecule has 2 aromatic carbocycles. The molecule has 2 atom stereocenters. The molecule has 7 rings (SSSR count). The van der Waals surface area contributed by atoms with Crippen LogP contribution >= 0.6 is 0 Å². The number of aromatic nitrogens is 4. The van der Waals surface area contributed by atoms with Gasteiger partial charge in [0.05, 0.1) is 18.0 Å². The number of carbonyl (C=O) groups excluding carboxylic acids is 2. The van der Waals surface area contributed by atoms with Crippen molar-refractivity contribution in [3.05, 3.63) is 87.4 Å². The van der Waals surface area contributed by atoms with Crippen LogP contribution in [0, 0.1) is 22.7 Å². The minimum absolute atomic E-state index is 0.0666. The summed E-state index contributed by atoms with van der Waals surface area (Å²) in [5.41, 5.74) is 5.15. The number of H-pyrrole nitrogens is 1. The zero-order valence-electron chi connectivity index (χ0n) is 28.7. The van der Waals surface area contributed by atoms with Gasteiger partial charge in [-0.3, -0.25) is 15.0 Å². The van der Waals surface area contributed by atoms with Crippen molar-refractivity contribution in [3.63, 3.8) is 0 Å². The maximum absolute atomic E-state index is 13.2. The maximum atomic E-state index is 13.2. The average molecular weight is 661 g/mol. The van der Waals surface area contributed by atoms with Gasteiger partial charge < -0.3 is 20.0 Å². The first-order valence-corrected chi connectivity index (χ1v) is 17.2. The van der Waals surface area contributed by atoms with Gasteiger partial charge >= 0.3 is 0 Å². The molecule has 0 spiro atoms. The number of carbonyl (C=O) groups is 2. The lowest BCUT2D eigenvalue weighted by Crippen LogP contribution is -2.55. The fraction of sp³-hybridized carbons (Fsp3) is 0.486. The van der Waals surface area contributed by atoms with E-state index in [0.717, 1.165) is 66.5 Å². The second-order valence-electron chi connectivity index (χ2n) is 14.6. The number of nitrogens with one attached hydrogen (secondary N) is 3. The van der Waals surface area contributed by atoms with Gasteiger partial charge in [-0.15, -0.1) is 10.2 Å². The van der Waals surface area contributed by atoms with Crippen LogP contribution < -0.4 is 5.32 Å². The van der Waals surface area contributed by atoms with Gasteiger partial charge in [0.2, 0.25) is 0 Å². The number of rotatable bonds is 8. The van der Waals surface area contributed by atoms with Gasteiger partial charge in [0.1, 0.15) is 11.9 Å².